The van der Waals surface area contributed by atoms with Crippen LogP contribution in [-0.4, -0.2) is 0 Å². The molecule has 0 N–H and O–H groups in total. The maximum absolute atomic E-state index is 2.55. The second-order valence-corrected chi connectivity index (χ2v) is 18.1. The van der Waals surface area contributed by atoms with E-state index in [1.54, 1.807) is 0 Å². The van der Waals surface area contributed by atoms with Crippen LogP contribution in [0.15, 0.2) is 176 Å². The zero-order chi connectivity index (χ0) is 38.6. The minimum Gasteiger partial charge on any atom is -0.309 e. The summed E-state index contributed by atoms with van der Waals surface area (Å²) in [5, 5.41) is 5.11. The second-order valence-electron chi connectivity index (χ2n) is 17.0. The van der Waals surface area contributed by atoms with Crippen molar-refractivity contribution in [3.8, 4) is 33.4 Å². The van der Waals surface area contributed by atoms with E-state index in [1.807, 2.05) is 11.3 Å². The molecule has 9 rings (SSSR count). The quantitative estimate of drug-likeness (QED) is 0.164. The number of fused-ring (bicyclic) bond motifs is 4. The Labute approximate surface area is 335 Å². The first-order valence-corrected chi connectivity index (χ1v) is 20.5. The molecule has 8 aromatic carbocycles. The summed E-state index contributed by atoms with van der Waals surface area (Å²) < 4.78 is 2.62. The Kier molecular flexibility index (Phi) is 8.91. The van der Waals surface area contributed by atoms with Crippen molar-refractivity contribution in [2.45, 2.75) is 52.4 Å². The molecule has 274 valence electrons. The molecule has 0 aliphatic carbocycles. The first-order valence-electron chi connectivity index (χ1n) is 19.7. The standard InChI is InChI=1S/C54H47NS/c1-53(2,3)38-33-39(54(4,5)6)35-40(34-38)55(48-30-14-11-24-43(48)45-28-18-32-50-52(45)46-25-12-15-31-49(46)56-50)47-29-13-10-23-42(47)44-27-17-22-37-21-16-26-41(51(37)44)36-19-8-7-9-20-36/h7-35H,1-6H3. The molecule has 0 saturated heterocycles. The van der Waals surface area contributed by atoms with Gasteiger partial charge in [-0.15, -0.1) is 11.3 Å². The lowest BCUT2D eigenvalue weighted by atomic mass is 9.80. The number of nitrogens with zero attached hydrogens (tertiary/aromatic N) is 1. The Hall–Kier alpha value is -5.96. The number of rotatable bonds is 6. The number of hydrogen-bond donors (Lipinski definition) is 0. The molecule has 9 aromatic rings. The molecule has 0 amide bonds. The molecule has 56 heavy (non-hydrogen) atoms. The van der Waals surface area contributed by atoms with E-state index < -0.39 is 0 Å². The Morgan fingerprint density at radius 2 is 0.875 bits per heavy atom. The third kappa shape index (κ3) is 6.38. The second kappa shape index (κ2) is 14.0. The van der Waals surface area contributed by atoms with E-state index >= 15 is 0 Å². The summed E-state index contributed by atoms with van der Waals surface area (Å²) in [6.45, 7) is 14.0. The molecule has 0 atom stereocenters. The Balaban J connectivity index is 1.38. The molecule has 0 radical (unpaired) electrons. The summed E-state index contributed by atoms with van der Waals surface area (Å²) in [5.41, 5.74) is 13.3. The number of hydrogen-bond acceptors (Lipinski definition) is 2. The van der Waals surface area contributed by atoms with Gasteiger partial charge in [0, 0.05) is 37.0 Å². The van der Waals surface area contributed by atoms with Crippen LogP contribution in [0.3, 0.4) is 0 Å². The summed E-state index contributed by atoms with van der Waals surface area (Å²) in [4.78, 5) is 2.55. The predicted octanol–water partition coefficient (Wildman–Crippen LogP) is 16.3. The normalized spacial score (nSPS) is 12.1. The number of thiophene rings is 1. The van der Waals surface area contributed by atoms with E-state index in [-0.39, 0.29) is 10.8 Å². The third-order valence-corrected chi connectivity index (χ3v) is 12.3. The van der Waals surface area contributed by atoms with Gasteiger partial charge in [-0.05, 0) is 91.4 Å². The molecule has 0 fully saturated rings. The van der Waals surface area contributed by atoms with Gasteiger partial charge in [-0.3, -0.25) is 0 Å². The van der Waals surface area contributed by atoms with Crippen molar-refractivity contribution in [2.75, 3.05) is 4.90 Å². The van der Waals surface area contributed by atoms with Crippen LogP contribution in [-0.2, 0) is 10.8 Å². The third-order valence-electron chi connectivity index (χ3n) is 11.2. The fourth-order valence-corrected chi connectivity index (χ4v) is 9.36. The molecule has 1 nitrogen and oxygen atoms in total. The topological polar surface area (TPSA) is 3.24 Å². The van der Waals surface area contributed by atoms with Gasteiger partial charge in [0.1, 0.15) is 0 Å². The van der Waals surface area contributed by atoms with Gasteiger partial charge < -0.3 is 4.90 Å². The van der Waals surface area contributed by atoms with E-state index in [9.17, 15) is 0 Å². The van der Waals surface area contributed by atoms with Crippen LogP contribution in [0, 0.1) is 0 Å². The van der Waals surface area contributed by atoms with Crippen LogP contribution in [0.2, 0.25) is 0 Å². The molecule has 1 aromatic heterocycles. The summed E-state index contributed by atoms with van der Waals surface area (Å²) in [7, 11) is 0. The van der Waals surface area contributed by atoms with Crippen molar-refractivity contribution in [3.63, 3.8) is 0 Å². The molecule has 0 saturated carbocycles. The van der Waals surface area contributed by atoms with Crippen molar-refractivity contribution < 1.29 is 0 Å². The zero-order valence-corrected chi connectivity index (χ0v) is 33.9. The molecule has 2 heteroatoms. The molecule has 0 spiro atoms. The van der Waals surface area contributed by atoms with Gasteiger partial charge in [-0.2, -0.15) is 0 Å². The average molecular weight is 742 g/mol. The summed E-state index contributed by atoms with van der Waals surface area (Å²) >= 11 is 1.87. The number of benzene rings is 8. The molecule has 0 unspecified atom stereocenters. The van der Waals surface area contributed by atoms with E-state index in [4.69, 9.17) is 0 Å². The van der Waals surface area contributed by atoms with Crippen LogP contribution in [0.25, 0.3) is 64.3 Å². The Bertz CT molecular complexity index is 2840. The fraction of sp³-hybridized carbons (Fsp3) is 0.148. The van der Waals surface area contributed by atoms with Crippen LogP contribution in [0.5, 0.6) is 0 Å². The molecule has 1 heterocycles. The first kappa shape index (κ1) is 35.7. The van der Waals surface area contributed by atoms with Crippen LogP contribution in [0.4, 0.5) is 17.1 Å². The van der Waals surface area contributed by atoms with Crippen molar-refractivity contribution in [2.24, 2.45) is 0 Å². The smallest absolute Gasteiger partial charge is 0.0540 e. The van der Waals surface area contributed by atoms with Crippen molar-refractivity contribution in [1.29, 1.82) is 0 Å². The predicted molar refractivity (Wildman–Crippen MR) is 245 cm³/mol. The molecular formula is C54H47NS. The summed E-state index contributed by atoms with van der Waals surface area (Å²) in [6, 6.07) is 65.3. The van der Waals surface area contributed by atoms with Crippen LogP contribution in [0.1, 0.15) is 52.7 Å². The maximum Gasteiger partial charge on any atom is 0.0540 e. The SMILES string of the molecule is CC(C)(C)c1cc(N(c2ccccc2-c2cccc3cccc(-c4ccccc4)c23)c2ccccc2-c2cccc3sc4ccccc4c23)cc(C(C)(C)C)c1. The van der Waals surface area contributed by atoms with Gasteiger partial charge in [0.25, 0.3) is 0 Å². The van der Waals surface area contributed by atoms with E-state index in [2.05, 4.69) is 222 Å². The lowest BCUT2D eigenvalue weighted by Gasteiger charge is -2.33. The number of para-hydroxylation sites is 2. The highest BCUT2D eigenvalue weighted by atomic mass is 32.1. The number of anilines is 3. The highest BCUT2D eigenvalue weighted by Crippen LogP contribution is 2.50. The molecule has 0 bridgehead atoms. The van der Waals surface area contributed by atoms with E-state index in [0.29, 0.717) is 0 Å². The molecular weight excluding hydrogens is 695 g/mol. The van der Waals surface area contributed by atoms with Crippen molar-refractivity contribution in [3.05, 3.63) is 187 Å². The van der Waals surface area contributed by atoms with E-state index in [0.717, 1.165) is 17.1 Å². The minimum absolute atomic E-state index is 0.0535. The average Bonchev–Trinajstić information content (AvgIpc) is 3.60. The summed E-state index contributed by atoms with van der Waals surface area (Å²) in [5.74, 6) is 0. The largest absolute Gasteiger partial charge is 0.309 e. The Morgan fingerprint density at radius 1 is 0.393 bits per heavy atom. The minimum atomic E-state index is -0.0535. The lowest BCUT2D eigenvalue weighted by Crippen LogP contribution is -2.19. The van der Waals surface area contributed by atoms with Crippen LogP contribution >= 0.6 is 11.3 Å². The van der Waals surface area contributed by atoms with Gasteiger partial charge in [0.2, 0.25) is 0 Å². The van der Waals surface area contributed by atoms with E-state index in [1.165, 1.54) is 75.5 Å². The maximum atomic E-state index is 2.55. The van der Waals surface area contributed by atoms with Gasteiger partial charge >= 0.3 is 0 Å². The highest BCUT2D eigenvalue weighted by Gasteiger charge is 2.27. The molecule has 0 aliphatic heterocycles. The Morgan fingerprint density at radius 3 is 1.50 bits per heavy atom. The van der Waals surface area contributed by atoms with Gasteiger partial charge in [0.15, 0.2) is 0 Å². The zero-order valence-electron chi connectivity index (χ0n) is 33.1. The monoisotopic (exact) mass is 741 g/mol. The van der Waals surface area contributed by atoms with Gasteiger partial charge in [-0.1, -0.05) is 181 Å². The lowest BCUT2D eigenvalue weighted by molar-refractivity contribution is 0.569. The highest BCUT2D eigenvalue weighted by molar-refractivity contribution is 7.25. The first-order chi connectivity index (χ1) is 27.1. The van der Waals surface area contributed by atoms with Gasteiger partial charge in [0.05, 0.1) is 11.4 Å². The summed E-state index contributed by atoms with van der Waals surface area (Å²) in [6.07, 6.45) is 0. The van der Waals surface area contributed by atoms with Crippen molar-refractivity contribution >= 4 is 59.3 Å². The fourth-order valence-electron chi connectivity index (χ4n) is 8.23. The molecule has 0 aliphatic rings. The van der Waals surface area contributed by atoms with Crippen LogP contribution < -0.4 is 4.90 Å². The van der Waals surface area contributed by atoms with Crippen molar-refractivity contribution in [1.82, 2.24) is 0 Å². The van der Waals surface area contributed by atoms with Gasteiger partial charge in [-0.25, -0.2) is 0 Å².